The topological polar surface area (TPSA) is 63.5 Å². The average molecular weight is 404 g/mol. The highest BCUT2D eigenvalue weighted by atomic mass is 32.1. The van der Waals surface area contributed by atoms with Gasteiger partial charge in [-0.1, -0.05) is 0 Å². The molecule has 2 saturated heterocycles. The molecule has 0 aliphatic carbocycles. The molecule has 28 heavy (non-hydrogen) atoms. The number of nitrogens with zero attached hydrogens (tertiary/aromatic N) is 5. The Morgan fingerprint density at radius 1 is 1.39 bits per heavy atom. The molecule has 8 heteroatoms. The molecule has 7 nitrogen and oxygen atoms in total. The number of methoxy groups -OCH3 is 1. The summed E-state index contributed by atoms with van der Waals surface area (Å²) in [5.74, 6) is 0.378. The molecule has 4 rings (SSSR count). The van der Waals surface area contributed by atoms with E-state index in [0.29, 0.717) is 19.2 Å². The van der Waals surface area contributed by atoms with Gasteiger partial charge in [0.2, 0.25) is 5.91 Å². The summed E-state index contributed by atoms with van der Waals surface area (Å²) in [6.07, 6.45) is 6.76. The van der Waals surface area contributed by atoms with Crippen LogP contribution in [0.1, 0.15) is 42.9 Å². The molecule has 0 saturated carbocycles. The number of likely N-dealkylation sites (tertiary alicyclic amines) is 2. The van der Waals surface area contributed by atoms with Crippen LogP contribution in [0.15, 0.2) is 24.1 Å². The fourth-order valence-electron chi connectivity index (χ4n) is 4.58. The van der Waals surface area contributed by atoms with Gasteiger partial charge in [-0.05, 0) is 20.3 Å². The van der Waals surface area contributed by atoms with Gasteiger partial charge in [0, 0.05) is 63.0 Å². The molecule has 0 radical (unpaired) electrons. The molecule has 1 amide bonds. The van der Waals surface area contributed by atoms with E-state index in [2.05, 4.69) is 34.5 Å². The van der Waals surface area contributed by atoms with E-state index < -0.39 is 0 Å². The third kappa shape index (κ3) is 3.49. The Bertz CT molecular complexity index is 805. The molecule has 2 aliphatic rings. The van der Waals surface area contributed by atoms with Crippen molar-refractivity contribution >= 4 is 17.2 Å². The number of hydrogen-bond donors (Lipinski definition) is 0. The first-order valence-electron chi connectivity index (χ1n) is 9.96. The van der Waals surface area contributed by atoms with Gasteiger partial charge in [-0.2, -0.15) is 0 Å². The lowest BCUT2D eigenvalue weighted by atomic mass is 9.75. The Hall–Kier alpha value is -1.77. The summed E-state index contributed by atoms with van der Waals surface area (Å²) in [6, 6.07) is 0.363. The van der Waals surface area contributed by atoms with Gasteiger partial charge < -0.3 is 14.2 Å². The first kappa shape index (κ1) is 19.5. The molecule has 1 spiro atoms. The second-order valence-electron chi connectivity index (χ2n) is 8.18. The summed E-state index contributed by atoms with van der Waals surface area (Å²) in [5.41, 5.74) is 0.651. The number of carbonyl (C=O) groups excluding carboxylic acids is 1. The number of imidazole rings is 1. The van der Waals surface area contributed by atoms with Crippen molar-refractivity contribution in [1.29, 1.82) is 0 Å². The molecule has 2 aromatic heterocycles. The van der Waals surface area contributed by atoms with Crippen LogP contribution in [0.2, 0.25) is 0 Å². The second kappa shape index (κ2) is 7.93. The largest absolute Gasteiger partial charge is 0.383 e. The molecular formula is C20H29N5O2S. The van der Waals surface area contributed by atoms with E-state index in [1.165, 1.54) is 0 Å². The number of carbonyl (C=O) groups is 1. The molecule has 0 aromatic carbocycles. The zero-order chi connectivity index (χ0) is 19.7. The van der Waals surface area contributed by atoms with Crippen LogP contribution < -0.4 is 0 Å². The highest BCUT2D eigenvalue weighted by Gasteiger charge is 2.57. The molecule has 0 unspecified atom stereocenters. The first-order valence-corrected chi connectivity index (χ1v) is 10.8. The van der Waals surface area contributed by atoms with Crippen molar-refractivity contribution in [2.75, 3.05) is 39.9 Å². The van der Waals surface area contributed by atoms with Gasteiger partial charge in [0.05, 0.1) is 30.6 Å². The SMILES string of the molecule is COCCN1CC[C@]2(CN(Cc3nccs3)C[C@H]2c2cn(C(C)C)cn2)C1=O. The monoisotopic (exact) mass is 403 g/mol. The van der Waals surface area contributed by atoms with E-state index in [1.54, 1.807) is 18.4 Å². The smallest absolute Gasteiger partial charge is 0.230 e. The second-order valence-corrected chi connectivity index (χ2v) is 9.16. The lowest BCUT2D eigenvalue weighted by Gasteiger charge is -2.28. The van der Waals surface area contributed by atoms with Gasteiger partial charge in [-0.15, -0.1) is 11.3 Å². The van der Waals surface area contributed by atoms with Crippen LogP contribution in [0, 0.1) is 5.41 Å². The van der Waals surface area contributed by atoms with Crippen LogP contribution in [0.5, 0.6) is 0 Å². The predicted molar refractivity (Wildman–Crippen MR) is 108 cm³/mol. The molecule has 0 bridgehead atoms. The van der Waals surface area contributed by atoms with Crippen LogP contribution in [-0.4, -0.2) is 70.1 Å². The Morgan fingerprint density at radius 3 is 2.93 bits per heavy atom. The van der Waals surface area contributed by atoms with Crippen LogP contribution in [-0.2, 0) is 16.1 Å². The molecule has 2 fully saturated rings. The Kier molecular flexibility index (Phi) is 5.53. The van der Waals surface area contributed by atoms with Crippen molar-refractivity contribution in [3.63, 3.8) is 0 Å². The lowest BCUT2D eigenvalue weighted by molar-refractivity contribution is -0.136. The van der Waals surface area contributed by atoms with Gasteiger partial charge in [0.1, 0.15) is 5.01 Å². The minimum Gasteiger partial charge on any atom is -0.383 e. The zero-order valence-electron chi connectivity index (χ0n) is 16.9. The fourth-order valence-corrected chi connectivity index (χ4v) is 5.24. The lowest BCUT2D eigenvalue weighted by Crippen LogP contribution is -2.40. The minimum atomic E-state index is -0.388. The number of amides is 1. The van der Waals surface area contributed by atoms with Crippen LogP contribution in [0.3, 0.4) is 0 Å². The maximum Gasteiger partial charge on any atom is 0.230 e. The van der Waals surface area contributed by atoms with E-state index in [9.17, 15) is 4.79 Å². The van der Waals surface area contributed by atoms with E-state index in [4.69, 9.17) is 9.72 Å². The normalized spacial score (nSPS) is 25.6. The third-order valence-corrected chi connectivity index (χ3v) is 6.90. The van der Waals surface area contributed by atoms with E-state index >= 15 is 0 Å². The predicted octanol–water partition coefficient (Wildman–Crippen LogP) is 2.38. The molecule has 2 aliphatic heterocycles. The summed E-state index contributed by atoms with van der Waals surface area (Å²) >= 11 is 1.67. The molecule has 0 N–H and O–H groups in total. The highest BCUT2D eigenvalue weighted by molar-refractivity contribution is 7.09. The van der Waals surface area contributed by atoms with E-state index in [1.807, 2.05) is 22.8 Å². The molecule has 2 aromatic rings. The van der Waals surface area contributed by atoms with Crippen molar-refractivity contribution < 1.29 is 9.53 Å². The number of hydrogen-bond acceptors (Lipinski definition) is 6. The van der Waals surface area contributed by atoms with Crippen molar-refractivity contribution in [3.05, 3.63) is 34.8 Å². The number of rotatable bonds is 7. The van der Waals surface area contributed by atoms with Crippen LogP contribution in [0.4, 0.5) is 0 Å². The quantitative estimate of drug-likeness (QED) is 0.710. The van der Waals surface area contributed by atoms with Crippen molar-refractivity contribution in [2.24, 2.45) is 5.41 Å². The maximum absolute atomic E-state index is 13.5. The Morgan fingerprint density at radius 2 is 2.25 bits per heavy atom. The van der Waals surface area contributed by atoms with E-state index in [-0.39, 0.29) is 17.2 Å². The summed E-state index contributed by atoms with van der Waals surface area (Å²) in [5, 5.41) is 3.11. The highest BCUT2D eigenvalue weighted by Crippen LogP contribution is 2.49. The number of ether oxygens (including phenoxy) is 1. The van der Waals surface area contributed by atoms with Crippen molar-refractivity contribution in [1.82, 2.24) is 24.3 Å². The molecular weight excluding hydrogens is 374 g/mol. The van der Waals surface area contributed by atoms with Gasteiger partial charge in [0.25, 0.3) is 0 Å². The van der Waals surface area contributed by atoms with Gasteiger partial charge in [-0.3, -0.25) is 9.69 Å². The van der Waals surface area contributed by atoms with Gasteiger partial charge in [0.15, 0.2) is 0 Å². The molecule has 152 valence electrons. The molecule has 4 heterocycles. The van der Waals surface area contributed by atoms with Crippen molar-refractivity contribution in [2.45, 2.75) is 38.8 Å². The fraction of sp³-hybridized carbons (Fsp3) is 0.650. The maximum atomic E-state index is 13.5. The van der Waals surface area contributed by atoms with Crippen LogP contribution >= 0.6 is 11.3 Å². The Balaban J connectivity index is 1.61. The summed E-state index contributed by atoms with van der Waals surface area (Å²) < 4.78 is 7.34. The zero-order valence-corrected chi connectivity index (χ0v) is 17.7. The van der Waals surface area contributed by atoms with Gasteiger partial charge in [-0.25, -0.2) is 9.97 Å². The standard InChI is InChI=1S/C20H29N5O2S/c1-15(2)25-11-17(22-14-25)16-10-23(12-18-21-5-9-28-18)13-20(16)4-6-24(19(20)26)7-8-27-3/h5,9,11,14-16H,4,6-8,10,12-13H2,1-3H3/t16-,20+/m0/s1. The average Bonchev–Trinajstić information content (AvgIpc) is 3.44. The number of thiazole rings is 1. The van der Waals surface area contributed by atoms with Gasteiger partial charge >= 0.3 is 0 Å². The summed E-state index contributed by atoms with van der Waals surface area (Å²) in [7, 11) is 1.68. The summed E-state index contributed by atoms with van der Waals surface area (Å²) in [4.78, 5) is 27.0. The Labute approximate surface area is 170 Å². The summed E-state index contributed by atoms with van der Waals surface area (Å²) in [6.45, 7) is 8.76. The minimum absolute atomic E-state index is 0.118. The third-order valence-electron chi connectivity index (χ3n) is 6.14. The van der Waals surface area contributed by atoms with Crippen LogP contribution in [0.25, 0.3) is 0 Å². The number of aromatic nitrogens is 3. The van der Waals surface area contributed by atoms with Crippen molar-refractivity contribution in [3.8, 4) is 0 Å². The van der Waals surface area contributed by atoms with E-state index in [0.717, 1.165) is 43.3 Å². The molecule has 2 atom stereocenters. The first-order chi connectivity index (χ1) is 13.5.